The summed E-state index contributed by atoms with van der Waals surface area (Å²) in [6, 6.07) is 48.7. The molecule has 0 radical (unpaired) electrons. The number of anilines is 1. The van der Waals surface area contributed by atoms with Gasteiger partial charge in [-0.15, -0.1) is 0 Å². The lowest BCUT2D eigenvalue weighted by atomic mass is 9.77. The quantitative estimate of drug-likeness (QED) is 0.0737. The van der Waals surface area contributed by atoms with Crippen LogP contribution in [0.25, 0.3) is 10.3 Å². The minimum Gasteiger partial charge on any atom is -0.497 e. The van der Waals surface area contributed by atoms with Gasteiger partial charge in [-0.3, -0.25) is 19.1 Å². The highest BCUT2D eigenvalue weighted by Gasteiger charge is 2.53. The zero-order valence-corrected chi connectivity index (χ0v) is 37.9. The number of aromatic nitrogens is 3. The highest BCUT2D eigenvalue weighted by molar-refractivity contribution is 7.16. The van der Waals surface area contributed by atoms with Gasteiger partial charge in [-0.05, 0) is 64.0 Å². The summed E-state index contributed by atoms with van der Waals surface area (Å²) in [4.78, 5) is 36.1. The number of thiazole rings is 1. The van der Waals surface area contributed by atoms with E-state index in [1.807, 2.05) is 104 Å². The van der Waals surface area contributed by atoms with Crippen LogP contribution in [-0.2, 0) is 14.7 Å². The van der Waals surface area contributed by atoms with Gasteiger partial charge in [-0.25, -0.2) is 0 Å². The summed E-state index contributed by atoms with van der Waals surface area (Å²) in [5.41, 5.74) is 8.26. The van der Waals surface area contributed by atoms with Crippen LogP contribution in [0.4, 0.5) is 5.95 Å². The van der Waals surface area contributed by atoms with Gasteiger partial charge in [0.1, 0.15) is 22.2 Å². The number of methoxy groups -OCH3 is 1. The average molecular weight is 866 g/mol. The van der Waals surface area contributed by atoms with Crippen LogP contribution in [0.3, 0.4) is 0 Å². The van der Waals surface area contributed by atoms with Crippen LogP contribution >= 0.6 is 11.3 Å². The van der Waals surface area contributed by atoms with E-state index in [0.29, 0.717) is 18.6 Å². The van der Waals surface area contributed by atoms with E-state index in [0.717, 1.165) is 28.0 Å². The Balaban J connectivity index is 1.23. The van der Waals surface area contributed by atoms with Crippen molar-refractivity contribution < 1.29 is 13.9 Å². The molecule has 0 unspecified atom stereocenters. The van der Waals surface area contributed by atoms with Crippen molar-refractivity contribution in [3.05, 3.63) is 182 Å². The minimum atomic E-state index is -2.97. The molecule has 0 saturated carbocycles. The molecule has 0 amide bonds. The molecule has 7 aromatic rings. The van der Waals surface area contributed by atoms with Gasteiger partial charge in [0.2, 0.25) is 5.95 Å². The first-order valence-electron chi connectivity index (χ1n) is 21.3. The Labute approximate surface area is 367 Å². The Hall–Kier alpha value is -5.63. The second-order valence-electron chi connectivity index (χ2n) is 17.2. The molecule has 5 atom stereocenters. The lowest BCUT2D eigenvalue weighted by Gasteiger charge is -2.46. The number of rotatable bonds is 14. The summed E-state index contributed by atoms with van der Waals surface area (Å²) in [6.45, 7) is 10.9. The predicted octanol–water partition coefficient (Wildman–Crippen LogP) is 8.17. The number of H-pyrrole nitrogens is 1. The van der Waals surface area contributed by atoms with Gasteiger partial charge in [0, 0.05) is 12.0 Å². The van der Waals surface area contributed by atoms with E-state index < -0.39 is 31.7 Å². The van der Waals surface area contributed by atoms with Crippen LogP contribution < -0.4 is 36.6 Å². The Morgan fingerprint density at radius 3 is 1.84 bits per heavy atom. The zero-order valence-electron chi connectivity index (χ0n) is 36.1. The summed E-state index contributed by atoms with van der Waals surface area (Å²) in [5, 5.41) is 5.78. The number of nitrogens with two attached hydrogens (primary N) is 1. The third kappa shape index (κ3) is 7.75. The van der Waals surface area contributed by atoms with Crippen LogP contribution in [0.2, 0.25) is 5.04 Å². The number of fused-ring (bicyclic) bond motifs is 1. The number of hydrogen-bond donors (Lipinski definition) is 3. The monoisotopic (exact) mass is 865 g/mol. The third-order valence-corrected chi connectivity index (χ3v) is 18.4. The van der Waals surface area contributed by atoms with Crippen molar-refractivity contribution in [1.29, 1.82) is 0 Å². The van der Waals surface area contributed by atoms with E-state index in [1.54, 1.807) is 11.7 Å². The van der Waals surface area contributed by atoms with Crippen LogP contribution in [-0.4, -0.2) is 48.2 Å². The molecule has 1 aliphatic heterocycles. The number of benzene rings is 5. The van der Waals surface area contributed by atoms with Crippen LogP contribution in [0.5, 0.6) is 5.75 Å². The maximum absolute atomic E-state index is 14.3. The lowest BCUT2D eigenvalue weighted by molar-refractivity contribution is -0.0614. The van der Waals surface area contributed by atoms with E-state index in [-0.39, 0.29) is 44.3 Å². The van der Waals surface area contributed by atoms with Crippen LogP contribution in [0.15, 0.2) is 155 Å². The summed E-state index contributed by atoms with van der Waals surface area (Å²) in [6.07, 6.45) is -0.299. The molecule has 320 valence electrons. The fourth-order valence-corrected chi connectivity index (χ4v) is 15.0. The highest BCUT2D eigenvalue weighted by atomic mass is 32.1. The fraction of sp³-hybridized carbons (Fsp3) is 0.300. The number of hydrogen-bond acceptors (Lipinski definition) is 9. The van der Waals surface area contributed by atoms with Crippen molar-refractivity contribution >= 4 is 46.3 Å². The lowest BCUT2D eigenvalue weighted by Crippen LogP contribution is -2.68. The first-order chi connectivity index (χ1) is 29.9. The van der Waals surface area contributed by atoms with Gasteiger partial charge >= 0.3 is 4.87 Å². The van der Waals surface area contributed by atoms with E-state index in [9.17, 15) is 9.59 Å². The molecule has 4 N–H and O–H groups in total. The smallest absolute Gasteiger partial charge is 0.311 e. The van der Waals surface area contributed by atoms with E-state index in [1.165, 1.54) is 10.4 Å². The summed E-state index contributed by atoms with van der Waals surface area (Å²) >= 11 is 0.863. The van der Waals surface area contributed by atoms with Crippen molar-refractivity contribution in [3.63, 3.8) is 0 Å². The fourth-order valence-electron chi connectivity index (χ4n) is 9.35. The molecular formula is C50H55N5O5SSi. The van der Waals surface area contributed by atoms with Crippen molar-refractivity contribution in [3.8, 4) is 5.75 Å². The number of aromatic amines is 1. The molecule has 8 rings (SSSR count). The summed E-state index contributed by atoms with van der Waals surface area (Å²) < 4.78 is 22.0. The second-order valence-corrected chi connectivity index (χ2v) is 22.4. The van der Waals surface area contributed by atoms with E-state index >= 15 is 0 Å². The van der Waals surface area contributed by atoms with E-state index in [4.69, 9.17) is 24.6 Å². The topological polar surface area (TPSA) is 133 Å². The van der Waals surface area contributed by atoms with Gasteiger partial charge in [0.05, 0.1) is 19.3 Å². The molecule has 2 aromatic heterocycles. The Morgan fingerprint density at radius 1 is 0.839 bits per heavy atom. The maximum atomic E-state index is 14.3. The summed E-state index contributed by atoms with van der Waals surface area (Å²) in [7, 11) is -1.34. The zero-order chi connectivity index (χ0) is 43.6. The highest BCUT2D eigenvalue weighted by Crippen LogP contribution is 2.44. The molecular weight excluding hydrogens is 811 g/mol. The molecule has 0 bridgehead atoms. The van der Waals surface area contributed by atoms with Crippen molar-refractivity contribution in [2.75, 3.05) is 12.4 Å². The van der Waals surface area contributed by atoms with Crippen LogP contribution in [0, 0.1) is 5.92 Å². The largest absolute Gasteiger partial charge is 0.497 e. The van der Waals surface area contributed by atoms with Gasteiger partial charge in [0.25, 0.3) is 13.9 Å². The maximum Gasteiger partial charge on any atom is 0.311 e. The standard InChI is InChI=1S/C50H55N5O5SSi/c1-7-41(60-62(49(3,4)5,38-24-16-10-17-25-38)39-26-18-11-19-27-39)42-32-40(33(2)51)46(59-42)55-44-43(61-48(55)57)45(56)53-47(52-44)54-50(34-20-12-8-13-21-34,35-22-14-9-15-23-35)36-28-30-37(58-6)31-29-36/h8-31,33,40-42,46H,7,32,51H2,1-6H3,(H2,52,53,54,56)/t33-,40+,41+,42+,46-/m1/s1. The average Bonchev–Trinajstić information content (AvgIpc) is 3.88. The first-order valence-corrected chi connectivity index (χ1v) is 24.0. The Kier molecular flexibility index (Phi) is 12.2. The molecule has 10 nitrogen and oxygen atoms in total. The van der Waals surface area contributed by atoms with Crippen LogP contribution in [0.1, 0.15) is 70.4 Å². The van der Waals surface area contributed by atoms with Gasteiger partial charge in [0.15, 0.2) is 5.65 Å². The summed E-state index contributed by atoms with van der Waals surface area (Å²) in [5.74, 6) is 0.614. The normalized spacial score (nSPS) is 18.1. The number of ether oxygens (including phenoxy) is 2. The van der Waals surface area contributed by atoms with Gasteiger partial charge < -0.3 is 25.0 Å². The molecule has 1 fully saturated rings. The molecule has 5 aromatic carbocycles. The third-order valence-electron chi connectivity index (χ3n) is 12.4. The Bertz CT molecular complexity index is 2620. The molecule has 0 aliphatic carbocycles. The van der Waals surface area contributed by atoms with Crippen molar-refractivity contribution in [1.82, 2.24) is 14.5 Å². The van der Waals surface area contributed by atoms with Crippen molar-refractivity contribution in [2.24, 2.45) is 11.7 Å². The first kappa shape index (κ1) is 43.0. The SMILES string of the molecule is CC[C@H](O[Si](c1ccccc1)(c1ccccc1)C(C)(C)C)[C@@H]1C[C@@H]([C@@H](C)N)[C@H](n2c(=O)sc3c(=O)[nH]c(NC(c4ccccc4)(c4ccccc4)c4ccc(OC)cc4)nc32)O1. The second kappa shape index (κ2) is 17.6. The van der Waals surface area contributed by atoms with Gasteiger partial charge in [-0.1, -0.05) is 172 Å². The molecule has 62 heavy (non-hydrogen) atoms. The predicted molar refractivity (Wildman–Crippen MR) is 252 cm³/mol. The minimum absolute atomic E-state index is 0.186. The molecule has 0 spiro atoms. The molecule has 1 aliphatic rings. The van der Waals surface area contributed by atoms with E-state index in [2.05, 4.69) is 86.5 Å². The molecule has 12 heteroatoms. The Morgan fingerprint density at radius 2 is 1.35 bits per heavy atom. The number of nitrogens with zero attached hydrogens (tertiary/aromatic N) is 2. The number of nitrogens with one attached hydrogen (secondary N) is 2. The molecule has 3 heterocycles. The molecule has 1 saturated heterocycles. The van der Waals surface area contributed by atoms with Gasteiger partial charge in [-0.2, -0.15) is 4.98 Å². The van der Waals surface area contributed by atoms with Crippen molar-refractivity contribution in [2.45, 2.75) is 82.5 Å².